The van der Waals surface area contributed by atoms with Crippen molar-refractivity contribution in [3.05, 3.63) is 56.2 Å². The largest absolute Gasteiger partial charge is 0.338 e. The number of carbonyl (C=O) groups is 1. The van der Waals surface area contributed by atoms with Crippen LogP contribution in [0.2, 0.25) is 0 Å². The van der Waals surface area contributed by atoms with Crippen molar-refractivity contribution in [3.8, 4) is 0 Å². The maximum atomic E-state index is 12.9. The van der Waals surface area contributed by atoms with Crippen molar-refractivity contribution < 1.29 is 4.79 Å². The first-order valence-corrected chi connectivity index (χ1v) is 10.5. The number of aromatic nitrogens is 3. The van der Waals surface area contributed by atoms with Crippen LogP contribution in [0.1, 0.15) is 50.9 Å². The Kier molecular flexibility index (Phi) is 6.64. The van der Waals surface area contributed by atoms with Crippen molar-refractivity contribution in [2.45, 2.75) is 31.8 Å². The summed E-state index contributed by atoms with van der Waals surface area (Å²) in [6, 6.07) is 8.28. The lowest BCUT2D eigenvalue weighted by molar-refractivity contribution is 0.0938. The van der Waals surface area contributed by atoms with Crippen molar-refractivity contribution in [1.29, 1.82) is 0 Å². The highest BCUT2D eigenvalue weighted by atomic mass is 35.5. The zero-order valence-electron chi connectivity index (χ0n) is 14.9. The van der Waals surface area contributed by atoms with Gasteiger partial charge in [0.05, 0.1) is 17.8 Å². The molecule has 27 heavy (non-hydrogen) atoms. The predicted octanol–water partition coefficient (Wildman–Crippen LogP) is 3.58. The molecule has 0 spiro atoms. The van der Waals surface area contributed by atoms with Gasteiger partial charge < -0.3 is 10.6 Å². The molecule has 1 fully saturated rings. The molecule has 0 radical (unpaired) electrons. The third-order valence-corrected chi connectivity index (χ3v) is 6.60. The van der Waals surface area contributed by atoms with Crippen LogP contribution in [0.25, 0.3) is 0 Å². The summed E-state index contributed by atoms with van der Waals surface area (Å²) < 4.78 is 1.92. The summed E-state index contributed by atoms with van der Waals surface area (Å²) in [7, 11) is 0. The third-order valence-electron chi connectivity index (χ3n) is 4.73. The fraction of sp³-hybridized carbons (Fsp3) is 0.389. The van der Waals surface area contributed by atoms with Gasteiger partial charge in [-0.3, -0.25) is 4.79 Å². The molecule has 1 saturated heterocycles. The molecule has 1 aliphatic heterocycles. The number of halogens is 1. The molecule has 4 rings (SSSR count). The van der Waals surface area contributed by atoms with Gasteiger partial charge in [0, 0.05) is 9.75 Å². The predicted molar refractivity (Wildman–Crippen MR) is 111 cm³/mol. The van der Waals surface area contributed by atoms with E-state index in [0.717, 1.165) is 41.4 Å². The zero-order chi connectivity index (χ0) is 17.9. The molecular weight excluding hydrogens is 402 g/mol. The molecule has 1 amide bonds. The summed E-state index contributed by atoms with van der Waals surface area (Å²) in [5.74, 6) is -0.172. The van der Waals surface area contributed by atoms with E-state index in [2.05, 4.69) is 20.9 Å². The average molecular weight is 424 g/mol. The molecule has 0 atom stereocenters. The van der Waals surface area contributed by atoms with Crippen molar-refractivity contribution >= 4 is 41.0 Å². The standard InChI is InChI=1S/C18H21N5OS2.ClH/c1-12-16(21-22-23(12)13-6-8-19-9-7-13)18(24)20-17(14-4-2-10-25-14)15-5-3-11-26-15;/h2-5,10-11,13,17,19H,6-9H2,1H3,(H,20,24);1H. The molecule has 0 bridgehead atoms. The number of piperidine rings is 1. The van der Waals surface area contributed by atoms with Crippen LogP contribution >= 0.6 is 35.1 Å². The molecule has 0 aliphatic carbocycles. The summed E-state index contributed by atoms with van der Waals surface area (Å²) in [5.41, 5.74) is 1.26. The van der Waals surface area contributed by atoms with Gasteiger partial charge >= 0.3 is 0 Å². The van der Waals surface area contributed by atoms with Gasteiger partial charge in [0.25, 0.3) is 5.91 Å². The van der Waals surface area contributed by atoms with E-state index < -0.39 is 0 Å². The van der Waals surface area contributed by atoms with Crippen molar-refractivity contribution in [2.24, 2.45) is 0 Å². The van der Waals surface area contributed by atoms with Crippen LogP contribution in [-0.2, 0) is 0 Å². The fourth-order valence-corrected chi connectivity index (χ4v) is 5.00. The summed E-state index contributed by atoms with van der Waals surface area (Å²) >= 11 is 3.28. The first-order chi connectivity index (χ1) is 12.7. The molecule has 2 N–H and O–H groups in total. The molecule has 0 unspecified atom stereocenters. The highest BCUT2D eigenvalue weighted by Crippen LogP contribution is 2.29. The Hall–Kier alpha value is -1.74. The number of thiophene rings is 2. The Labute approximate surface area is 172 Å². The van der Waals surface area contributed by atoms with E-state index >= 15 is 0 Å². The minimum Gasteiger partial charge on any atom is -0.338 e. The molecule has 4 heterocycles. The normalized spacial score (nSPS) is 14.9. The van der Waals surface area contributed by atoms with E-state index in [-0.39, 0.29) is 24.4 Å². The van der Waals surface area contributed by atoms with Crippen LogP contribution < -0.4 is 10.6 Å². The van der Waals surface area contributed by atoms with Gasteiger partial charge in [0.15, 0.2) is 5.69 Å². The summed E-state index contributed by atoms with van der Waals surface area (Å²) in [6.45, 7) is 3.89. The Balaban J connectivity index is 0.00000210. The smallest absolute Gasteiger partial charge is 0.274 e. The maximum absolute atomic E-state index is 12.9. The minimum atomic E-state index is -0.172. The lowest BCUT2D eigenvalue weighted by Gasteiger charge is -2.23. The first kappa shape index (κ1) is 20.0. The van der Waals surface area contributed by atoms with Crippen LogP contribution in [0.3, 0.4) is 0 Å². The molecule has 6 nitrogen and oxygen atoms in total. The van der Waals surface area contributed by atoms with Crippen LogP contribution in [0.4, 0.5) is 0 Å². The molecule has 1 aliphatic rings. The Morgan fingerprint density at radius 3 is 2.41 bits per heavy atom. The summed E-state index contributed by atoms with van der Waals surface area (Å²) in [6.07, 6.45) is 2.02. The Morgan fingerprint density at radius 1 is 1.22 bits per heavy atom. The van der Waals surface area contributed by atoms with Gasteiger partial charge in [-0.1, -0.05) is 17.3 Å². The second-order valence-electron chi connectivity index (χ2n) is 6.39. The number of carbonyl (C=O) groups excluding carboxylic acids is 1. The van der Waals surface area contributed by atoms with E-state index in [0.29, 0.717) is 11.7 Å². The number of hydrogen-bond donors (Lipinski definition) is 2. The minimum absolute atomic E-state index is 0. The fourth-order valence-electron chi connectivity index (χ4n) is 3.34. The lowest BCUT2D eigenvalue weighted by atomic mass is 10.1. The topological polar surface area (TPSA) is 71.8 Å². The number of nitrogens with one attached hydrogen (secondary N) is 2. The van der Waals surface area contributed by atoms with Gasteiger partial charge in [-0.25, -0.2) is 4.68 Å². The van der Waals surface area contributed by atoms with E-state index in [1.807, 2.05) is 46.6 Å². The monoisotopic (exact) mass is 423 g/mol. The van der Waals surface area contributed by atoms with Crippen molar-refractivity contribution in [3.63, 3.8) is 0 Å². The first-order valence-electron chi connectivity index (χ1n) is 8.74. The Bertz CT molecular complexity index is 822. The lowest BCUT2D eigenvalue weighted by Crippen LogP contribution is -2.31. The van der Waals surface area contributed by atoms with Crippen molar-refractivity contribution in [1.82, 2.24) is 25.6 Å². The van der Waals surface area contributed by atoms with E-state index in [9.17, 15) is 4.79 Å². The molecular formula is C18H22ClN5OS2. The van der Waals surface area contributed by atoms with Gasteiger partial charge in [-0.2, -0.15) is 0 Å². The molecule has 0 saturated carbocycles. The average Bonchev–Trinajstić information content (AvgIpc) is 3.42. The van der Waals surface area contributed by atoms with Gasteiger partial charge in [-0.05, 0) is 55.7 Å². The summed E-state index contributed by atoms with van der Waals surface area (Å²) in [4.78, 5) is 15.2. The van der Waals surface area contributed by atoms with Gasteiger partial charge in [-0.15, -0.1) is 40.2 Å². The SMILES string of the molecule is Cc1c(C(=O)NC(c2cccs2)c2cccs2)nnn1C1CCNCC1.Cl. The number of nitrogens with zero attached hydrogens (tertiary/aromatic N) is 3. The second kappa shape index (κ2) is 8.97. The molecule has 3 aromatic rings. The van der Waals surface area contributed by atoms with E-state index in [1.54, 1.807) is 22.7 Å². The van der Waals surface area contributed by atoms with E-state index in [1.165, 1.54) is 0 Å². The number of rotatable bonds is 5. The quantitative estimate of drug-likeness (QED) is 0.658. The number of amides is 1. The molecule has 9 heteroatoms. The zero-order valence-corrected chi connectivity index (χ0v) is 17.4. The van der Waals surface area contributed by atoms with Crippen LogP contribution in [0, 0.1) is 6.92 Å². The van der Waals surface area contributed by atoms with Gasteiger partial charge in [0.2, 0.25) is 0 Å². The number of hydrogen-bond acceptors (Lipinski definition) is 6. The molecule has 0 aromatic carbocycles. The van der Waals surface area contributed by atoms with Crippen LogP contribution in [0.5, 0.6) is 0 Å². The van der Waals surface area contributed by atoms with Crippen molar-refractivity contribution in [2.75, 3.05) is 13.1 Å². The molecule has 144 valence electrons. The maximum Gasteiger partial charge on any atom is 0.274 e. The highest BCUT2D eigenvalue weighted by Gasteiger charge is 2.26. The highest BCUT2D eigenvalue weighted by molar-refractivity contribution is 7.11. The van der Waals surface area contributed by atoms with E-state index in [4.69, 9.17) is 0 Å². The van der Waals surface area contributed by atoms with Gasteiger partial charge in [0.1, 0.15) is 0 Å². The summed E-state index contributed by atoms with van der Waals surface area (Å²) in [5, 5.41) is 19.0. The Morgan fingerprint density at radius 2 is 1.85 bits per heavy atom. The molecule has 3 aromatic heterocycles. The van der Waals surface area contributed by atoms with Crippen LogP contribution in [-0.4, -0.2) is 34.0 Å². The second-order valence-corrected chi connectivity index (χ2v) is 8.35. The van der Waals surface area contributed by atoms with Crippen LogP contribution in [0.15, 0.2) is 35.0 Å². The third kappa shape index (κ3) is 4.24.